The lowest BCUT2D eigenvalue weighted by Gasteiger charge is -2.25. The first-order valence-electron chi connectivity index (χ1n) is 13.3. The van der Waals surface area contributed by atoms with Crippen molar-refractivity contribution in [2.75, 3.05) is 18.2 Å². The number of fused-ring (bicyclic) bond motifs is 3. The Morgan fingerprint density at radius 3 is 2.44 bits per heavy atom. The lowest BCUT2D eigenvalue weighted by atomic mass is 10.0. The van der Waals surface area contributed by atoms with Crippen LogP contribution in [0.2, 0.25) is 0 Å². The number of methoxy groups -OCH3 is 1. The number of amidine groups is 2. The van der Waals surface area contributed by atoms with Crippen LogP contribution in [0.1, 0.15) is 42.9 Å². The van der Waals surface area contributed by atoms with Crippen molar-refractivity contribution in [1.29, 1.82) is 0 Å². The highest BCUT2D eigenvalue weighted by molar-refractivity contribution is 8.14. The molecule has 1 atom stereocenters. The van der Waals surface area contributed by atoms with Gasteiger partial charge < -0.3 is 15.4 Å². The number of thioether (sulfide) groups is 1. The number of para-hydroxylation sites is 1. The van der Waals surface area contributed by atoms with E-state index >= 15 is 0 Å². The first kappa shape index (κ1) is 28.1. The highest BCUT2D eigenvalue weighted by Crippen LogP contribution is 2.34. The number of hydrogen-bond acceptors (Lipinski definition) is 7. The Kier molecular flexibility index (Phi) is 8.49. The molecule has 3 aromatic carbocycles. The van der Waals surface area contributed by atoms with Crippen molar-refractivity contribution in [3.63, 3.8) is 0 Å². The fraction of sp³-hybridized carbons (Fsp3) is 0.258. The molecule has 0 bridgehead atoms. The number of nitrogens with zero attached hydrogens (tertiary/aromatic N) is 3. The van der Waals surface area contributed by atoms with Gasteiger partial charge in [0.2, 0.25) is 11.8 Å². The summed E-state index contributed by atoms with van der Waals surface area (Å²) in [6, 6.07) is 21.6. The minimum Gasteiger partial charge on any atom is -0.497 e. The summed E-state index contributed by atoms with van der Waals surface area (Å²) in [5, 5.41) is 6.12. The maximum Gasteiger partial charge on any atom is 0.259 e. The molecule has 2 heterocycles. The van der Waals surface area contributed by atoms with Crippen LogP contribution in [0.25, 0.3) is 0 Å². The average Bonchev–Trinajstić information content (AvgIpc) is 3.31. The molecule has 2 N–H and O–H groups in total. The van der Waals surface area contributed by atoms with Gasteiger partial charge in [-0.15, -0.1) is 0 Å². The van der Waals surface area contributed by atoms with Gasteiger partial charge in [-0.2, -0.15) is 0 Å². The molecule has 0 saturated carbocycles. The van der Waals surface area contributed by atoms with Crippen molar-refractivity contribution in [2.24, 2.45) is 9.98 Å². The van der Waals surface area contributed by atoms with Crippen LogP contribution in [-0.4, -0.2) is 52.5 Å². The molecule has 2 aliphatic rings. The standard InChI is InChI=1S/C31H31N5O4S/c1-19(2)21-10-12-22(13-11-21)33-28(38)18-41-31-35-25-7-5-4-6-24(25)29-34-26(30(39)36(29)31)16-27(37)32-17-20-8-14-23(40-3)15-9-20/h4-15,19,26H,16-18H2,1-3H3,(H,32,37)(H,33,38). The number of ether oxygens (including phenoxy) is 1. The number of amides is 3. The van der Waals surface area contributed by atoms with E-state index in [-0.39, 0.29) is 29.9 Å². The Morgan fingerprint density at radius 1 is 1.00 bits per heavy atom. The molecule has 2 aliphatic heterocycles. The third kappa shape index (κ3) is 6.49. The van der Waals surface area contributed by atoms with E-state index in [1.165, 1.54) is 10.5 Å². The highest BCUT2D eigenvalue weighted by atomic mass is 32.2. The van der Waals surface area contributed by atoms with E-state index in [0.29, 0.717) is 40.4 Å². The summed E-state index contributed by atoms with van der Waals surface area (Å²) in [4.78, 5) is 49.7. The van der Waals surface area contributed by atoms with Gasteiger partial charge in [0, 0.05) is 17.8 Å². The van der Waals surface area contributed by atoms with Gasteiger partial charge in [0.1, 0.15) is 17.6 Å². The molecule has 3 aromatic rings. The number of carbonyl (C=O) groups excluding carboxylic acids is 3. The third-order valence-corrected chi connectivity index (χ3v) is 7.71. The van der Waals surface area contributed by atoms with Crippen LogP contribution in [0.4, 0.5) is 11.4 Å². The second kappa shape index (κ2) is 12.4. The number of aliphatic imine (C=N–C) groups is 2. The zero-order chi connectivity index (χ0) is 28.9. The van der Waals surface area contributed by atoms with Crippen molar-refractivity contribution in [1.82, 2.24) is 10.2 Å². The fourth-order valence-corrected chi connectivity index (χ4v) is 5.30. The number of rotatable bonds is 9. The molecule has 0 spiro atoms. The number of carbonyl (C=O) groups is 3. The molecule has 1 unspecified atom stereocenters. The van der Waals surface area contributed by atoms with Crippen molar-refractivity contribution in [3.05, 3.63) is 89.5 Å². The first-order chi connectivity index (χ1) is 19.8. The van der Waals surface area contributed by atoms with E-state index in [0.717, 1.165) is 23.1 Å². The molecule has 210 valence electrons. The summed E-state index contributed by atoms with van der Waals surface area (Å²) in [7, 11) is 1.60. The summed E-state index contributed by atoms with van der Waals surface area (Å²) < 4.78 is 5.17. The summed E-state index contributed by atoms with van der Waals surface area (Å²) >= 11 is 1.16. The van der Waals surface area contributed by atoms with Gasteiger partial charge in [-0.3, -0.25) is 19.4 Å². The average molecular weight is 570 g/mol. The number of anilines is 1. The van der Waals surface area contributed by atoms with Crippen LogP contribution in [0.15, 0.2) is 82.8 Å². The number of hydrogen-bond donors (Lipinski definition) is 2. The molecule has 3 amide bonds. The molecule has 9 nitrogen and oxygen atoms in total. The fourth-order valence-electron chi connectivity index (χ4n) is 4.50. The quantitative estimate of drug-likeness (QED) is 0.382. The summed E-state index contributed by atoms with van der Waals surface area (Å²) in [6.07, 6.45) is -0.0953. The van der Waals surface area contributed by atoms with E-state index < -0.39 is 6.04 Å². The number of benzene rings is 3. The lowest BCUT2D eigenvalue weighted by molar-refractivity contribution is -0.128. The van der Waals surface area contributed by atoms with E-state index in [1.54, 1.807) is 7.11 Å². The first-order valence-corrected chi connectivity index (χ1v) is 14.3. The second-order valence-electron chi connectivity index (χ2n) is 10.00. The van der Waals surface area contributed by atoms with E-state index in [9.17, 15) is 14.4 Å². The third-order valence-electron chi connectivity index (χ3n) is 6.77. The van der Waals surface area contributed by atoms with Crippen LogP contribution >= 0.6 is 11.8 Å². The van der Waals surface area contributed by atoms with Crippen LogP contribution in [0.3, 0.4) is 0 Å². The Hall–Kier alpha value is -4.44. The molecule has 0 aromatic heterocycles. The molecular formula is C31H31N5O4S. The van der Waals surface area contributed by atoms with Gasteiger partial charge in [0.25, 0.3) is 5.91 Å². The predicted octanol–water partition coefficient (Wildman–Crippen LogP) is 4.86. The van der Waals surface area contributed by atoms with Gasteiger partial charge in [-0.25, -0.2) is 9.89 Å². The Labute approximate surface area is 243 Å². The minimum atomic E-state index is -0.883. The van der Waals surface area contributed by atoms with Crippen molar-refractivity contribution in [2.45, 2.75) is 38.8 Å². The monoisotopic (exact) mass is 569 g/mol. The summed E-state index contributed by atoms with van der Waals surface area (Å²) in [5.74, 6) is 0.791. The molecule has 5 rings (SSSR count). The molecule has 0 radical (unpaired) electrons. The molecule has 41 heavy (non-hydrogen) atoms. The second-order valence-corrected chi connectivity index (χ2v) is 10.9. The summed E-state index contributed by atoms with van der Waals surface area (Å²) in [5.41, 5.74) is 4.18. The van der Waals surface area contributed by atoms with E-state index in [1.807, 2.05) is 72.8 Å². The van der Waals surface area contributed by atoms with Crippen LogP contribution in [0.5, 0.6) is 5.75 Å². The van der Waals surface area contributed by atoms with Crippen molar-refractivity contribution < 1.29 is 19.1 Å². The zero-order valence-corrected chi connectivity index (χ0v) is 23.9. The van der Waals surface area contributed by atoms with Gasteiger partial charge in [-0.05, 0) is 53.4 Å². The molecule has 0 fully saturated rings. The largest absolute Gasteiger partial charge is 0.497 e. The Balaban J connectivity index is 1.24. The molecular weight excluding hydrogens is 538 g/mol. The Morgan fingerprint density at radius 2 is 1.73 bits per heavy atom. The van der Waals surface area contributed by atoms with E-state index in [4.69, 9.17) is 4.74 Å². The van der Waals surface area contributed by atoms with Gasteiger partial charge in [-0.1, -0.05) is 62.0 Å². The van der Waals surface area contributed by atoms with Crippen LogP contribution in [-0.2, 0) is 20.9 Å². The normalized spacial score (nSPS) is 15.6. The van der Waals surface area contributed by atoms with Gasteiger partial charge >= 0.3 is 0 Å². The maximum atomic E-state index is 13.5. The van der Waals surface area contributed by atoms with Gasteiger partial charge in [0.15, 0.2) is 5.17 Å². The SMILES string of the molecule is COc1ccc(CNC(=O)CC2N=C3c4ccccc4N=C(SCC(=O)Nc4ccc(C(C)C)cc4)N3C2=O)cc1. The molecule has 0 saturated heterocycles. The minimum absolute atomic E-state index is 0.0526. The number of nitrogens with one attached hydrogen (secondary N) is 2. The van der Waals surface area contributed by atoms with Crippen molar-refractivity contribution >= 4 is 51.9 Å². The Bertz CT molecular complexity index is 1520. The van der Waals surface area contributed by atoms with Crippen LogP contribution in [0, 0.1) is 0 Å². The van der Waals surface area contributed by atoms with Crippen molar-refractivity contribution in [3.8, 4) is 5.75 Å². The lowest BCUT2D eigenvalue weighted by Crippen LogP contribution is -2.42. The van der Waals surface area contributed by atoms with Gasteiger partial charge in [0.05, 0.1) is 25.0 Å². The smallest absolute Gasteiger partial charge is 0.259 e. The van der Waals surface area contributed by atoms with E-state index in [2.05, 4.69) is 34.5 Å². The maximum absolute atomic E-state index is 13.5. The molecule has 10 heteroatoms. The highest BCUT2D eigenvalue weighted by Gasteiger charge is 2.42. The summed E-state index contributed by atoms with van der Waals surface area (Å²) in [6.45, 7) is 4.55. The van der Waals surface area contributed by atoms with Crippen LogP contribution < -0.4 is 15.4 Å². The molecule has 0 aliphatic carbocycles. The zero-order valence-electron chi connectivity index (χ0n) is 23.1. The topological polar surface area (TPSA) is 112 Å². The predicted molar refractivity (Wildman–Crippen MR) is 162 cm³/mol.